The van der Waals surface area contributed by atoms with Gasteiger partial charge >= 0.3 is 0 Å². The Hall–Kier alpha value is -0.340. The molecule has 112 valence electrons. The molecule has 0 saturated heterocycles. The van der Waals surface area contributed by atoms with E-state index in [2.05, 4.69) is 52.9 Å². The van der Waals surface area contributed by atoms with Crippen LogP contribution in [0.4, 0.5) is 0 Å². The van der Waals surface area contributed by atoms with Crippen LogP contribution in [0.15, 0.2) is 6.07 Å². The molecule has 1 nitrogen and oxygen atoms in total. The van der Waals surface area contributed by atoms with E-state index in [0.717, 1.165) is 5.92 Å². The summed E-state index contributed by atoms with van der Waals surface area (Å²) in [6, 6.07) is 3.54. The highest BCUT2D eigenvalue weighted by Crippen LogP contribution is 2.65. The molecule has 0 radical (unpaired) electrons. The van der Waals surface area contributed by atoms with Crippen molar-refractivity contribution in [3.05, 3.63) is 21.4 Å². The van der Waals surface area contributed by atoms with E-state index in [0.29, 0.717) is 22.9 Å². The smallest absolute Gasteiger partial charge is 0.0305 e. The van der Waals surface area contributed by atoms with Gasteiger partial charge in [0.25, 0.3) is 0 Å². The van der Waals surface area contributed by atoms with E-state index in [4.69, 9.17) is 0 Å². The van der Waals surface area contributed by atoms with Gasteiger partial charge in [0, 0.05) is 21.8 Å². The zero-order valence-electron chi connectivity index (χ0n) is 13.8. The Bertz CT molecular complexity index is 515. The Labute approximate surface area is 128 Å². The second-order valence-electron chi connectivity index (χ2n) is 7.92. The van der Waals surface area contributed by atoms with Gasteiger partial charge in [0.15, 0.2) is 0 Å². The molecule has 2 bridgehead atoms. The fourth-order valence-corrected chi connectivity index (χ4v) is 5.95. The first kappa shape index (κ1) is 14.6. The van der Waals surface area contributed by atoms with Gasteiger partial charge in [0.2, 0.25) is 0 Å². The minimum Gasteiger partial charge on any atom is -0.307 e. The minimum absolute atomic E-state index is 0.477. The molecule has 0 aliphatic heterocycles. The van der Waals surface area contributed by atoms with E-state index < -0.39 is 0 Å². The first-order valence-corrected chi connectivity index (χ1v) is 8.90. The van der Waals surface area contributed by atoms with E-state index in [1.807, 2.05) is 11.3 Å². The highest BCUT2D eigenvalue weighted by Gasteiger charge is 2.61. The lowest BCUT2D eigenvalue weighted by Gasteiger charge is -2.40. The van der Waals surface area contributed by atoms with Crippen molar-refractivity contribution in [2.45, 2.75) is 72.9 Å². The van der Waals surface area contributed by atoms with Crippen molar-refractivity contribution < 1.29 is 0 Å². The molecule has 20 heavy (non-hydrogen) atoms. The molecule has 4 atom stereocenters. The van der Waals surface area contributed by atoms with Gasteiger partial charge in [0.05, 0.1) is 0 Å². The average Bonchev–Trinajstić information content (AvgIpc) is 2.86. The lowest BCUT2D eigenvalue weighted by molar-refractivity contribution is 0.116. The van der Waals surface area contributed by atoms with Gasteiger partial charge in [-0.15, -0.1) is 11.3 Å². The number of hydrogen-bond donors (Lipinski definition) is 1. The molecule has 2 aliphatic carbocycles. The normalized spacial score (nSPS) is 36.5. The van der Waals surface area contributed by atoms with Crippen molar-refractivity contribution in [3.63, 3.8) is 0 Å². The van der Waals surface area contributed by atoms with Crippen molar-refractivity contribution in [1.29, 1.82) is 0 Å². The molecular formula is C18H29NS. The van der Waals surface area contributed by atoms with Crippen LogP contribution in [0.2, 0.25) is 0 Å². The van der Waals surface area contributed by atoms with Gasteiger partial charge in [-0.05, 0) is 68.4 Å². The van der Waals surface area contributed by atoms with Crippen LogP contribution in [0, 0.1) is 30.6 Å². The summed E-state index contributed by atoms with van der Waals surface area (Å²) in [5.41, 5.74) is 2.49. The zero-order chi connectivity index (χ0) is 14.7. The van der Waals surface area contributed by atoms with E-state index in [1.54, 1.807) is 0 Å². The van der Waals surface area contributed by atoms with Crippen molar-refractivity contribution in [2.75, 3.05) is 0 Å². The zero-order valence-corrected chi connectivity index (χ0v) is 14.7. The number of thiophene rings is 1. The van der Waals surface area contributed by atoms with Crippen LogP contribution in [-0.2, 0) is 0 Å². The monoisotopic (exact) mass is 291 g/mol. The minimum atomic E-state index is 0.477. The fraction of sp³-hybridized carbons (Fsp3) is 0.778. The Balaban J connectivity index is 1.78. The molecule has 2 fully saturated rings. The summed E-state index contributed by atoms with van der Waals surface area (Å²) in [6.45, 7) is 14.3. The Kier molecular flexibility index (Phi) is 3.34. The number of rotatable bonds is 3. The van der Waals surface area contributed by atoms with Crippen molar-refractivity contribution >= 4 is 11.3 Å². The topological polar surface area (TPSA) is 12.0 Å². The second-order valence-corrected chi connectivity index (χ2v) is 9.38. The van der Waals surface area contributed by atoms with Gasteiger partial charge in [-0.25, -0.2) is 0 Å². The van der Waals surface area contributed by atoms with Crippen LogP contribution in [-0.4, -0.2) is 6.04 Å². The molecule has 2 heteroatoms. The Morgan fingerprint density at radius 3 is 2.45 bits per heavy atom. The molecule has 3 rings (SSSR count). The molecule has 2 aliphatic rings. The molecule has 0 amide bonds. The van der Waals surface area contributed by atoms with Crippen molar-refractivity contribution in [2.24, 2.45) is 16.7 Å². The van der Waals surface area contributed by atoms with Gasteiger partial charge < -0.3 is 5.32 Å². The maximum Gasteiger partial charge on any atom is 0.0305 e. The highest BCUT2D eigenvalue weighted by molar-refractivity contribution is 7.12. The highest BCUT2D eigenvalue weighted by atomic mass is 32.1. The number of hydrogen-bond acceptors (Lipinski definition) is 2. The maximum absolute atomic E-state index is 3.98. The standard InChI is InChI=1S/C18H29NS/c1-11-9-15(13(3)20-11)12(2)19-16-10-14-7-8-18(16,6)17(14,4)5/h9,12,14,16,19H,7-8,10H2,1-6H3. The molecular weight excluding hydrogens is 262 g/mol. The van der Waals surface area contributed by atoms with Crippen LogP contribution in [0.3, 0.4) is 0 Å². The lowest BCUT2D eigenvalue weighted by Crippen LogP contribution is -2.45. The molecule has 2 saturated carbocycles. The quantitative estimate of drug-likeness (QED) is 0.804. The van der Waals surface area contributed by atoms with Crippen LogP contribution < -0.4 is 5.32 Å². The molecule has 1 N–H and O–H groups in total. The van der Waals surface area contributed by atoms with Crippen LogP contribution in [0.1, 0.15) is 68.3 Å². The summed E-state index contributed by atoms with van der Waals surface area (Å²) in [7, 11) is 0. The predicted molar refractivity (Wildman–Crippen MR) is 88.4 cm³/mol. The van der Waals surface area contributed by atoms with Gasteiger partial charge in [-0.2, -0.15) is 0 Å². The van der Waals surface area contributed by atoms with Crippen LogP contribution >= 0.6 is 11.3 Å². The van der Waals surface area contributed by atoms with E-state index >= 15 is 0 Å². The molecule has 0 aromatic carbocycles. The lowest BCUT2D eigenvalue weighted by atomic mass is 9.69. The summed E-state index contributed by atoms with van der Waals surface area (Å²) < 4.78 is 0. The summed E-state index contributed by atoms with van der Waals surface area (Å²) in [5, 5.41) is 3.98. The Morgan fingerprint density at radius 2 is 2.00 bits per heavy atom. The first-order valence-electron chi connectivity index (χ1n) is 8.08. The first-order chi connectivity index (χ1) is 9.25. The average molecular weight is 292 g/mol. The van der Waals surface area contributed by atoms with Crippen molar-refractivity contribution in [1.82, 2.24) is 5.32 Å². The van der Waals surface area contributed by atoms with E-state index in [1.165, 1.54) is 34.6 Å². The van der Waals surface area contributed by atoms with Crippen LogP contribution in [0.5, 0.6) is 0 Å². The summed E-state index contributed by atoms with van der Waals surface area (Å²) in [6.07, 6.45) is 4.21. The van der Waals surface area contributed by atoms with Gasteiger partial charge in [0.1, 0.15) is 0 Å². The van der Waals surface area contributed by atoms with E-state index in [-0.39, 0.29) is 0 Å². The molecule has 1 heterocycles. The van der Waals surface area contributed by atoms with Crippen molar-refractivity contribution in [3.8, 4) is 0 Å². The van der Waals surface area contributed by atoms with Gasteiger partial charge in [-0.3, -0.25) is 0 Å². The third-order valence-electron chi connectivity index (χ3n) is 6.79. The largest absolute Gasteiger partial charge is 0.307 e. The third-order valence-corrected chi connectivity index (χ3v) is 7.77. The summed E-state index contributed by atoms with van der Waals surface area (Å²) in [5.74, 6) is 0.919. The molecule has 0 spiro atoms. The van der Waals surface area contributed by atoms with E-state index in [9.17, 15) is 0 Å². The summed E-state index contributed by atoms with van der Waals surface area (Å²) >= 11 is 1.93. The second kappa shape index (κ2) is 4.58. The third kappa shape index (κ3) is 1.91. The predicted octanol–water partition coefficient (Wildman–Crippen LogP) is 5.23. The Morgan fingerprint density at radius 1 is 1.30 bits per heavy atom. The molecule has 1 aromatic rings. The number of nitrogens with one attached hydrogen (secondary N) is 1. The van der Waals surface area contributed by atoms with Gasteiger partial charge in [-0.1, -0.05) is 20.8 Å². The number of aryl methyl sites for hydroxylation is 2. The van der Waals surface area contributed by atoms with Crippen LogP contribution in [0.25, 0.3) is 0 Å². The SMILES string of the molecule is Cc1cc(C(C)NC2CC3CCC2(C)C3(C)C)c(C)s1. The molecule has 1 aromatic heterocycles. The fourth-order valence-electron chi connectivity index (χ4n) is 4.93. The summed E-state index contributed by atoms with van der Waals surface area (Å²) in [4.78, 5) is 2.92. The maximum atomic E-state index is 3.98. The number of fused-ring (bicyclic) bond motifs is 2. The molecule has 4 unspecified atom stereocenters.